The van der Waals surface area contributed by atoms with Gasteiger partial charge in [0.15, 0.2) is 0 Å². The fraction of sp³-hybridized carbons (Fsp3) is 0.263. The summed E-state index contributed by atoms with van der Waals surface area (Å²) < 4.78 is 19.2. The van der Waals surface area contributed by atoms with Crippen molar-refractivity contribution in [2.45, 2.75) is 18.9 Å². The molecule has 0 spiro atoms. The first-order valence-corrected chi connectivity index (χ1v) is 8.08. The minimum absolute atomic E-state index is 0.0730. The van der Waals surface area contributed by atoms with E-state index in [0.717, 1.165) is 12.8 Å². The van der Waals surface area contributed by atoms with E-state index < -0.39 is 5.82 Å². The Balaban J connectivity index is 1.70. The first kappa shape index (κ1) is 17.0. The van der Waals surface area contributed by atoms with Crippen molar-refractivity contribution in [3.8, 4) is 16.9 Å². The molecule has 1 aliphatic carbocycles. The zero-order chi connectivity index (χ0) is 17.8. The average molecular weight is 342 g/mol. The average Bonchev–Trinajstić information content (AvgIpc) is 3.43. The lowest BCUT2D eigenvalue weighted by Gasteiger charge is -2.09. The standard InChI is InChI=1S/C19H19FN2O3/c1-25-15-7-8-16(17(20)10-15)12-3-2-4-13(9-12)19(24)21-11-18(23)22-14-5-6-14/h2-4,7-10,14H,5-6,11H2,1H3,(H,21,24)(H,22,23). The quantitative estimate of drug-likeness (QED) is 0.848. The summed E-state index contributed by atoms with van der Waals surface area (Å²) >= 11 is 0. The van der Waals surface area contributed by atoms with Gasteiger partial charge < -0.3 is 15.4 Å². The van der Waals surface area contributed by atoms with Gasteiger partial charge in [0.05, 0.1) is 13.7 Å². The molecule has 0 aromatic heterocycles. The van der Waals surface area contributed by atoms with Crippen molar-refractivity contribution in [2.24, 2.45) is 0 Å². The number of benzene rings is 2. The molecule has 1 saturated carbocycles. The van der Waals surface area contributed by atoms with Crippen molar-refractivity contribution in [2.75, 3.05) is 13.7 Å². The summed E-state index contributed by atoms with van der Waals surface area (Å²) in [6.07, 6.45) is 1.99. The molecule has 0 saturated heterocycles. The molecular weight excluding hydrogens is 323 g/mol. The van der Waals surface area contributed by atoms with Crippen LogP contribution in [0.1, 0.15) is 23.2 Å². The van der Waals surface area contributed by atoms with E-state index in [9.17, 15) is 14.0 Å². The van der Waals surface area contributed by atoms with Crippen LogP contribution in [0, 0.1) is 5.82 Å². The lowest BCUT2D eigenvalue weighted by molar-refractivity contribution is -0.120. The summed E-state index contributed by atoms with van der Waals surface area (Å²) in [7, 11) is 1.47. The zero-order valence-corrected chi connectivity index (χ0v) is 13.8. The van der Waals surface area contributed by atoms with Crippen LogP contribution in [-0.4, -0.2) is 31.5 Å². The summed E-state index contributed by atoms with van der Waals surface area (Å²) in [6.45, 7) is -0.0730. The van der Waals surface area contributed by atoms with Gasteiger partial charge in [0, 0.05) is 23.2 Å². The van der Waals surface area contributed by atoms with E-state index in [2.05, 4.69) is 10.6 Å². The smallest absolute Gasteiger partial charge is 0.251 e. The molecule has 0 radical (unpaired) electrons. The number of hydrogen-bond donors (Lipinski definition) is 2. The van der Waals surface area contributed by atoms with Gasteiger partial charge in [-0.3, -0.25) is 9.59 Å². The predicted octanol–water partition coefficient (Wildman–Crippen LogP) is 2.51. The van der Waals surface area contributed by atoms with Crippen molar-refractivity contribution >= 4 is 11.8 Å². The van der Waals surface area contributed by atoms with Crippen LogP contribution >= 0.6 is 0 Å². The maximum Gasteiger partial charge on any atom is 0.251 e. The van der Waals surface area contributed by atoms with Gasteiger partial charge in [-0.1, -0.05) is 12.1 Å². The molecule has 1 fully saturated rings. The number of hydrogen-bond acceptors (Lipinski definition) is 3. The lowest BCUT2D eigenvalue weighted by Crippen LogP contribution is -2.37. The van der Waals surface area contributed by atoms with Gasteiger partial charge in [-0.05, 0) is 42.7 Å². The highest BCUT2D eigenvalue weighted by Crippen LogP contribution is 2.26. The van der Waals surface area contributed by atoms with Gasteiger partial charge >= 0.3 is 0 Å². The number of carbonyl (C=O) groups excluding carboxylic acids is 2. The van der Waals surface area contributed by atoms with E-state index in [1.54, 1.807) is 36.4 Å². The predicted molar refractivity (Wildman–Crippen MR) is 91.9 cm³/mol. The number of methoxy groups -OCH3 is 1. The highest BCUT2D eigenvalue weighted by Gasteiger charge is 2.23. The van der Waals surface area contributed by atoms with Gasteiger partial charge in [0.2, 0.25) is 5.91 Å². The Labute approximate surface area is 145 Å². The Morgan fingerprint density at radius 3 is 2.68 bits per heavy atom. The molecule has 0 aliphatic heterocycles. The molecule has 25 heavy (non-hydrogen) atoms. The highest BCUT2D eigenvalue weighted by molar-refractivity contribution is 5.97. The molecule has 0 atom stereocenters. The zero-order valence-electron chi connectivity index (χ0n) is 13.8. The second kappa shape index (κ2) is 7.34. The fourth-order valence-corrected chi connectivity index (χ4v) is 2.45. The molecule has 2 aromatic carbocycles. The SMILES string of the molecule is COc1ccc(-c2cccc(C(=O)NCC(=O)NC3CC3)c2)c(F)c1. The molecule has 0 bridgehead atoms. The van der Waals surface area contributed by atoms with Crippen molar-refractivity contribution in [1.29, 1.82) is 0 Å². The Hall–Kier alpha value is -2.89. The third-order valence-corrected chi connectivity index (χ3v) is 3.96. The Kier molecular flexibility index (Phi) is 4.97. The van der Waals surface area contributed by atoms with Gasteiger partial charge in [0.25, 0.3) is 5.91 Å². The van der Waals surface area contributed by atoms with Gasteiger partial charge in [-0.25, -0.2) is 4.39 Å². The van der Waals surface area contributed by atoms with E-state index >= 15 is 0 Å². The number of carbonyl (C=O) groups is 2. The van der Waals surface area contributed by atoms with Crippen LogP contribution in [0.15, 0.2) is 42.5 Å². The van der Waals surface area contributed by atoms with Gasteiger partial charge in [0.1, 0.15) is 11.6 Å². The summed E-state index contributed by atoms with van der Waals surface area (Å²) in [6, 6.07) is 11.4. The normalized spacial score (nSPS) is 13.2. The van der Waals surface area contributed by atoms with E-state index in [1.165, 1.54) is 13.2 Å². The second-order valence-corrected chi connectivity index (χ2v) is 5.95. The fourth-order valence-electron chi connectivity index (χ4n) is 2.45. The maximum atomic E-state index is 14.2. The largest absolute Gasteiger partial charge is 0.497 e. The van der Waals surface area contributed by atoms with Gasteiger partial charge in [-0.15, -0.1) is 0 Å². The van der Waals surface area contributed by atoms with Crippen LogP contribution in [0.25, 0.3) is 11.1 Å². The van der Waals surface area contributed by atoms with E-state index in [4.69, 9.17) is 4.74 Å². The molecule has 130 valence electrons. The monoisotopic (exact) mass is 342 g/mol. The minimum Gasteiger partial charge on any atom is -0.497 e. The third kappa shape index (κ3) is 4.35. The van der Waals surface area contributed by atoms with Crippen molar-refractivity contribution in [1.82, 2.24) is 10.6 Å². The Morgan fingerprint density at radius 2 is 2.00 bits per heavy atom. The first-order valence-electron chi connectivity index (χ1n) is 8.08. The topological polar surface area (TPSA) is 67.4 Å². The van der Waals surface area contributed by atoms with Crippen molar-refractivity contribution in [3.05, 3.63) is 53.8 Å². The summed E-state index contributed by atoms with van der Waals surface area (Å²) in [5.41, 5.74) is 1.32. The number of halogens is 1. The summed E-state index contributed by atoms with van der Waals surface area (Å²) in [5.74, 6) is -0.576. The Bertz CT molecular complexity index is 803. The Morgan fingerprint density at radius 1 is 1.20 bits per heavy atom. The molecule has 1 aliphatic rings. The van der Waals surface area contributed by atoms with E-state index in [-0.39, 0.29) is 24.4 Å². The molecule has 6 heteroatoms. The highest BCUT2D eigenvalue weighted by atomic mass is 19.1. The molecule has 3 rings (SSSR count). The van der Waals surface area contributed by atoms with Crippen LogP contribution < -0.4 is 15.4 Å². The van der Waals surface area contributed by atoms with E-state index in [0.29, 0.717) is 22.4 Å². The summed E-state index contributed by atoms with van der Waals surface area (Å²) in [5, 5.41) is 5.38. The van der Waals surface area contributed by atoms with E-state index in [1.807, 2.05) is 0 Å². The van der Waals surface area contributed by atoms with Crippen LogP contribution in [0.3, 0.4) is 0 Å². The molecule has 0 heterocycles. The number of ether oxygens (including phenoxy) is 1. The minimum atomic E-state index is -0.430. The first-order chi connectivity index (χ1) is 12.1. The summed E-state index contributed by atoms with van der Waals surface area (Å²) in [4.78, 5) is 23.9. The number of rotatable bonds is 6. The van der Waals surface area contributed by atoms with Crippen molar-refractivity contribution in [3.63, 3.8) is 0 Å². The number of amides is 2. The van der Waals surface area contributed by atoms with Crippen molar-refractivity contribution < 1.29 is 18.7 Å². The molecule has 5 nitrogen and oxygen atoms in total. The molecular formula is C19H19FN2O3. The van der Waals surface area contributed by atoms with Crippen LogP contribution in [0.5, 0.6) is 5.75 Å². The number of nitrogens with one attached hydrogen (secondary N) is 2. The maximum absolute atomic E-state index is 14.2. The third-order valence-electron chi connectivity index (χ3n) is 3.96. The molecule has 2 N–H and O–H groups in total. The molecule has 2 aromatic rings. The lowest BCUT2D eigenvalue weighted by atomic mass is 10.0. The van der Waals surface area contributed by atoms with Gasteiger partial charge in [-0.2, -0.15) is 0 Å². The molecule has 0 unspecified atom stereocenters. The molecule has 2 amide bonds. The second-order valence-electron chi connectivity index (χ2n) is 5.95. The van der Waals surface area contributed by atoms with Crippen LogP contribution in [-0.2, 0) is 4.79 Å². The van der Waals surface area contributed by atoms with Crippen LogP contribution in [0.2, 0.25) is 0 Å². The van der Waals surface area contributed by atoms with Crippen LogP contribution in [0.4, 0.5) is 4.39 Å².